The van der Waals surface area contributed by atoms with E-state index in [0.717, 1.165) is 11.7 Å². The third kappa shape index (κ3) is 6.02. The van der Waals surface area contributed by atoms with E-state index in [1.807, 2.05) is 0 Å². The molecule has 1 aromatic heterocycles. The minimum Gasteiger partial charge on any atom is -0.465 e. The lowest BCUT2D eigenvalue weighted by molar-refractivity contribution is -0.117. The van der Waals surface area contributed by atoms with Gasteiger partial charge in [-0.1, -0.05) is 36.4 Å². The smallest absolute Gasteiger partial charge is 0.337 e. The van der Waals surface area contributed by atoms with Gasteiger partial charge in [0.2, 0.25) is 15.9 Å². The van der Waals surface area contributed by atoms with Gasteiger partial charge in [0.05, 0.1) is 37.1 Å². The van der Waals surface area contributed by atoms with Gasteiger partial charge in [0, 0.05) is 5.69 Å². The average molecular weight is 555 g/mol. The van der Waals surface area contributed by atoms with E-state index in [1.165, 1.54) is 44.6 Å². The highest BCUT2D eigenvalue weighted by molar-refractivity contribution is 7.89. The Hall–Kier alpha value is -4.20. The van der Waals surface area contributed by atoms with Crippen molar-refractivity contribution in [2.75, 3.05) is 19.5 Å². The number of methoxy groups -OCH3 is 2. The number of rotatable bonds is 9. The van der Waals surface area contributed by atoms with Crippen molar-refractivity contribution < 1.29 is 32.3 Å². The fourth-order valence-electron chi connectivity index (χ4n) is 3.69. The largest absolute Gasteiger partial charge is 0.465 e. The topological polar surface area (TPSA) is 154 Å². The minimum absolute atomic E-state index is 0.00593. The molecule has 0 aliphatic rings. The molecule has 4 rings (SSSR count). The van der Waals surface area contributed by atoms with Gasteiger partial charge in [-0.3, -0.25) is 4.79 Å². The summed E-state index contributed by atoms with van der Waals surface area (Å²) in [7, 11) is -1.87. The standard InChI is InChI=1S/C25H22N4O7S2/c1-35-24(31)16-12-17(25(32)36-2)14-18(13-16)26-23(30)20(11-15-7-4-3-5-8-15)29-38(33,34)21-10-6-9-19-22(21)28-37-27-19/h3-10,12-14,20,29H,11H2,1-2H3,(H,26,30)/t20-/m0/s1. The summed E-state index contributed by atoms with van der Waals surface area (Å²) in [5.41, 5.74) is 1.36. The maximum absolute atomic E-state index is 13.4. The first-order valence-electron chi connectivity index (χ1n) is 11.1. The number of carbonyl (C=O) groups is 3. The number of anilines is 1. The van der Waals surface area contributed by atoms with E-state index < -0.39 is 33.9 Å². The average Bonchev–Trinajstić information content (AvgIpc) is 3.41. The minimum atomic E-state index is -4.22. The fourth-order valence-corrected chi connectivity index (χ4v) is 5.65. The van der Waals surface area contributed by atoms with Crippen LogP contribution in [0.4, 0.5) is 5.69 Å². The Morgan fingerprint density at radius 1 is 0.895 bits per heavy atom. The van der Waals surface area contributed by atoms with Crippen molar-refractivity contribution in [1.29, 1.82) is 0 Å². The van der Waals surface area contributed by atoms with E-state index in [0.29, 0.717) is 11.1 Å². The fraction of sp³-hybridized carbons (Fsp3) is 0.160. The van der Waals surface area contributed by atoms with Gasteiger partial charge < -0.3 is 14.8 Å². The summed E-state index contributed by atoms with van der Waals surface area (Å²) < 4.78 is 46.9. The number of hydrogen-bond donors (Lipinski definition) is 2. The number of nitrogens with zero attached hydrogens (tertiary/aromatic N) is 2. The van der Waals surface area contributed by atoms with Crippen LogP contribution in [-0.4, -0.2) is 55.3 Å². The normalized spacial score (nSPS) is 12.1. The Morgan fingerprint density at radius 2 is 1.55 bits per heavy atom. The van der Waals surface area contributed by atoms with Crippen molar-refractivity contribution in [3.8, 4) is 0 Å². The van der Waals surface area contributed by atoms with E-state index >= 15 is 0 Å². The van der Waals surface area contributed by atoms with Crippen molar-refractivity contribution in [2.45, 2.75) is 17.4 Å². The van der Waals surface area contributed by atoms with Crippen LogP contribution in [0.2, 0.25) is 0 Å². The van der Waals surface area contributed by atoms with Gasteiger partial charge in [-0.2, -0.15) is 13.5 Å². The molecule has 196 valence electrons. The first-order valence-corrected chi connectivity index (χ1v) is 13.3. The molecular formula is C25H22N4O7S2. The molecule has 0 spiro atoms. The zero-order chi connectivity index (χ0) is 27.3. The summed E-state index contributed by atoms with van der Waals surface area (Å²) in [6.45, 7) is 0. The van der Waals surface area contributed by atoms with E-state index in [4.69, 9.17) is 9.47 Å². The highest BCUT2D eigenvalue weighted by atomic mass is 32.2. The van der Waals surface area contributed by atoms with Crippen LogP contribution < -0.4 is 10.0 Å². The van der Waals surface area contributed by atoms with Gasteiger partial charge >= 0.3 is 11.9 Å². The molecule has 0 saturated carbocycles. The molecule has 13 heteroatoms. The molecule has 0 radical (unpaired) electrons. The Morgan fingerprint density at radius 3 is 2.18 bits per heavy atom. The van der Waals surface area contributed by atoms with Crippen LogP contribution in [0.5, 0.6) is 0 Å². The second-order valence-corrected chi connectivity index (χ2v) is 10.2. The molecule has 1 amide bonds. The maximum Gasteiger partial charge on any atom is 0.337 e. The summed E-state index contributed by atoms with van der Waals surface area (Å²) in [5, 5.41) is 2.60. The lowest BCUT2D eigenvalue weighted by Gasteiger charge is -2.19. The highest BCUT2D eigenvalue weighted by Gasteiger charge is 2.29. The molecule has 1 atom stereocenters. The second kappa shape index (κ2) is 11.5. The van der Waals surface area contributed by atoms with Gasteiger partial charge in [-0.15, -0.1) is 0 Å². The number of carbonyl (C=O) groups excluding carboxylic acids is 3. The lowest BCUT2D eigenvalue weighted by atomic mass is 10.1. The van der Waals surface area contributed by atoms with Crippen LogP contribution in [0, 0.1) is 0 Å². The first-order chi connectivity index (χ1) is 18.2. The van der Waals surface area contributed by atoms with Crippen molar-refractivity contribution in [2.24, 2.45) is 0 Å². The molecule has 0 fully saturated rings. The van der Waals surface area contributed by atoms with E-state index in [2.05, 4.69) is 18.8 Å². The van der Waals surface area contributed by atoms with Crippen LogP contribution in [0.25, 0.3) is 11.0 Å². The van der Waals surface area contributed by atoms with Crippen LogP contribution in [0.3, 0.4) is 0 Å². The number of nitrogens with one attached hydrogen (secondary N) is 2. The highest BCUT2D eigenvalue weighted by Crippen LogP contribution is 2.22. The number of hydrogen-bond acceptors (Lipinski definition) is 10. The number of aromatic nitrogens is 2. The second-order valence-electron chi connectivity index (χ2n) is 8.02. The Labute approximate surface area is 222 Å². The van der Waals surface area contributed by atoms with Crippen molar-refractivity contribution in [1.82, 2.24) is 13.5 Å². The predicted molar refractivity (Wildman–Crippen MR) is 139 cm³/mol. The molecule has 0 aliphatic carbocycles. The molecule has 4 aromatic rings. The number of esters is 2. The molecule has 0 bridgehead atoms. The molecule has 0 aliphatic heterocycles. The molecule has 2 N–H and O–H groups in total. The summed E-state index contributed by atoms with van der Waals surface area (Å²) in [6.07, 6.45) is 0.0117. The van der Waals surface area contributed by atoms with E-state index in [1.54, 1.807) is 36.4 Å². The van der Waals surface area contributed by atoms with Gasteiger partial charge in [-0.05, 0) is 42.3 Å². The van der Waals surface area contributed by atoms with Crippen molar-refractivity contribution >= 4 is 56.3 Å². The number of amides is 1. The Balaban J connectivity index is 1.69. The molecular weight excluding hydrogens is 532 g/mol. The van der Waals surface area contributed by atoms with Crippen LogP contribution in [0.1, 0.15) is 26.3 Å². The SMILES string of the molecule is COC(=O)c1cc(NC(=O)[C@H](Cc2ccccc2)NS(=O)(=O)c2cccc3nsnc23)cc(C(=O)OC)c1. The summed E-state index contributed by atoms with van der Waals surface area (Å²) in [4.78, 5) is 37.6. The number of benzene rings is 3. The zero-order valence-electron chi connectivity index (χ0n) is 20.2. The summed E-state index contributed by atoms with van der Waals surface area (Å²) in [5.74, 6) is -2.20. The number of sulfonamides is 1. The Bertz CT molecular complexity index is 1570. The van der Waals surface area contributed by atoms with Crippen LogP contribution in [0.15, 0.2) is 71.6 Å². The zero-order valence-corrected chi connectivity index (χ0v) is 21.8. The number of ether oxygens (including phenoxy) is 2. The first kappa shape index (κ1) is 26.9. The summed E-state index contributed by atoms with van der Waals surface area (Å²) >= 11 is 0.877. The predicted octanol–water partition coefficient (Wildman–Crippen LogP) is 2.79. The molecule has 38 heavy (non-hydrogen) atoms. The molecule has 3 aromatic carbocycles. The van der Waals surface area contributed by atoms with Crippen molar-refractivity contribution in [3.05, 3.63) is 83.4 Å². The third-order valence-electron chi connectivity index (χ3n) is 5.48. The van der Waals surface area contributed by atoms with Crippen molar-refractivity contribution in [3.63, 3.8) is 0 Å². The third-order valence-corrected chi connectivity index (χ3v) is 7.52. The molecule has 0 saturated heterocycles. The lowest BCUT2D eigenvalue weighted by Crippen LogP contribution is -2.45. The molecule has 0 unspecified atom stereocenters. The maximum atomic E-state index is 13.4. The molecule has 1 heterocycles. The van der Waals surface area contributed by atoms with E-state index in [9.17, 15) is 22.8 Å². The van der Waals surface area contributed by atoms with Gasteiger partial charge in [0.1, 0.15) is 22.0 Å². The van der Waals surface area contributed by atoms with Crippen LogP contribution >= 0.6 is 11.7 Å². The monoisotopic (exact) mass is 554 g/mol. The van der Waals surface area contributed by atoms with Gasteiger partial charge in [-0.25, -0.2) is 18.0 Å². The van der Waals surface area contributed by atoms with E-state index in [-0.39, 0.29) is 33.6 Å². The number of fused-ring (bicyclic) bond motifs is 1. The Kier molecular flexibility index (Phi) is 8.10. The van der Waals surface area contributed by atoms with Gasteiger partial charge in [0.15, 0.2) is 0 Å². The quantitative estimate of drug-likeness (QED) is 0.297. The molecule has 11 nitrogen and oxygen atoms in total. The van der Waals surface area contributed by atoms with Gasteiger partial charge in [0.25, 0.3) is 0 Å². The summed E-state index contributed by atoms with van der Waals surface area (Å²) in [6, 6.07) is 16.0. The van der Waals surface area contributed by atoms with Crippen LogP contribution in [-0.2, 0) is 30.7 Å².